The Labute approximate surface area is 196 Å². The molecule has 0 radical (unpaired) electrons. The number of nitrogens with zero attached hydrogens (tertiary/aromatic N) is 1. The van der Waals surface area contributed by atoms with E-state index in [1.807, 2.05) is 30.3 Å². The molecule has 0 saturated carbocycles. The van der Waals surface area contributed by atoms with Crippen molar-refractivity contribution in [3.8, 4) is 0 Å². The first-order valence-corrected chi connectivity index (χ1v) is 10.8. The van der Waals surface area contributed by atoms with Crippen molar-refractivity contribution >= 4 is 23.6 Å². The van der Waals surface area contributed by atoms with Gasteiger partial charge in [-0.2, -0.15) is 0 Å². The molecular weight excluding hydrogens is 437 g/mol. The summed E-state index contributed by atoms with van der Waals surface area (Å²) < 4.78 is 19.3. The van der Waals surface area contributed by atoms with Gasteiger partial charge in [-0.1, -0.05) is 54.6 Å². The number of anilines is 1. The highest BCUT2D eigenvalue weighted by atomic mass is 19.1. The van der Waals surface area contributed by atoms with Crippen molar-refractivity contribution in [1.29, 1.82) is 0 Å². The maximum Gasteiger partial charge on any atom is 0.411 e. The number of halogens is 1. The van der Waals surface area contributed by atoms with Crippen LogP contribution in [0.3, 0.4) is 0 Å². The van der Waals surface area contributed by atoms with Gasteiger partial charge in [0.1, 0.15) is 5.82 Å². The van der Waals surface area contributed by atoms with E-state index in [0.717, 1.165) is 5.56 Å². The van der Waals surface area contributed by atoms with Crippen LogP contribution in [0.1, 0.15) is 29.7 Å². The molecule has 1 heterocycles. The highest BCUT2D eigenvalue weighted by Crippen LogP contribution is 2.34. The molecule has 1 fully saturated rings. The van der Waals surface area contributed by atoms with Crippen LogP contribution in [-0.2, 0) is 27.4 Å². The summed E-state index contributed by atoms with van der Waals surface area (Å²) in [6.07, 6.45) is -1.54. The minimum Gasteiger partial charge on any atom is -0.438 e. The van der Waals surface area contributed by atoms with Crippen LogP contribution >= 0.6 is 0 Å². The number of hydrogen-bond acceptors (Lipinski definition) is 4. The molecule has 0 aromatic heterocycles. The number of carbonyl (C=O) groups excluding carboxylic acids is 3. The highest BCUT2D eigenvalue weighted by Gasteiger charge is 2.46. The third kappa shape index (κ3) is 5.40. The number of carbonyl (C=O) groups is 3. The first-order chi connectivity index (χ1) is 16.4. The normalized spacial score (nSPS) is 17.2. The number of ether oxygens (including phenoxy) is 1. The summed E-state index contributed by atoms with van der Waals surface area (Å²) >= 11 is 0. The lowest BCUT2D eigenvalue weighted by molar-refractivity contribution is -0.126. The van der Waals surface area contributed by atoms with Gasteiger partial charge in [-0.3, -0.25) is 14.5 Å². The Kier molecular flexibility index (Phi) is 6.87. The fourth-order valence-electron chi connectivity index (χ4n) is 3.89. The zero-order valence-electron chi connectivity index (χ0n) is 18.5. The molecule has 8 heteroatoms. The number of rotatable bonds is 7. The van der Waals surface area contributed by atoms with Gasteiger partial charge in [-0.25, -0.2) is 9.18 Å². The lowest BCUT2D eigenvalue weighted by Crippen LogP contribution is -2.46. The van der Waals surface area contributed by atoms with Crippen molar-refractivity contribution in [2.45, 2.75) is 32.2 Å². The van der Waals surface area contributed by atoms with Crippen molar-refractivity contribution < 1.29 is 23.5 Å². The van der Waals surface area contributed by atoms with Crippen LogP contribution in [-0.4, -0.2) is 28.8 Å². The molecule has 174 valence electrons. The van der Waals surface area contributed by atoms with E-state index >= 15 is 0 Å². The Bertz CT molecular complexity index is 1180. The monoisotopic (exact) mass is 461 g/mol. The Hall–Kier alpha value is -4.20. The SMILES string of the molecule is CC(=O)Nc1ccc(C2OC(=O)N(Cc3cccc(F)c3)C2C(=O)NCc2ccccc2)cc1. The summed E-state index contributed by atoms with van der Waals surface area (Å²) in [6.45, 7) is 1.71. The van der Waals surface area contributed by atoms with Gasteiger partial charge in [0.15, 0.2) is 12.1 Å². The molecule has 4 rings (SSSR count). The van der Waals surface area contributed by atoms with E-state index in [4.69, 9.17) is 4.74 Å². The molecule has 1 aliphatic rings. The Morgan fingerprint density at radius 2 is 1.68 bits per heavy atom. The second-order valence-electron chi connectivity index (χ2n) is 8.01. The standard InChI is InChI=1S/C26H24FN3O4/c1-17(31)29-22-12-10-20(11-13-22)24-23(25(32)28-15-18-6-3-2-4-7-18)30(26(33)34-24)16-19-8-5-9-21(27)14-19/h2-14,23-24H,15-16H2,1H3,(H,28,32)(H,29,31). The van der Waals surface area contributed by atoms with Gasteiger partial charge in [0.2, 0.25) is 11.8 Å². The summed E-state index contributed by atoms with van der Waals surface area (Å²) in [6, 6.07) is 21.1. The van der Waals surface area contributed by atoms with Gasteiger partial charge in [0, 0.05) is 19.2 Å². The zero-order valence-corrected chi connectivity index (χ0v) is 18.5. The summed E-state index contributed by atoms with van der Waals surface area (Å²) in [5.74, 6) is -1.03. The van der Waals surface area contributed by atoms with Crippen LogP contribution in [0.25, 0.3) is 0 Å². The van der Waals surface area contributed by atoms with Crippen LogP contribution < -0.4 is 10.6 Å². The molecule has 7 nitrogen and oxygen atoms in total. The topological polar surface area (TPSA) is 87.7 Å². The second kappa shape index (κ2) is 10.2. The molecule has 2 unspecified atom stereocenters. The summed E-state index contributed by atoms with van der Waals surface area (Å²) in [7, 11) is 0. The summed E-state index contributed by atoms with van der Waals surface area (Å²) in [5, 5.41) is 5.56. The summed E-state index contributed by atoms with van der Waals surface area (Å²) in [5.41, 5.74) is 2.64. The maximum atomic E-state index is 13.7. The molecule has 3 aromatic rings. The first-order valence-electron chi connectivity index (χ1n) is 10.8. The molecular formula is C26H24FN3O4. The smallest absolute Gasteiger partial charge is 0.411 e. The van der Waals surface area contributed by atoms with Gasteiger partial charge in [0.05, 0.1) is 6.54 Å². The quantitative estimate of drug-likeness (QED) is 0.553. The number of nitrogens with one attached hydrogen (secondary N) is 2. The van der Waals surface area contributed by atoms with Gasteiger partial charge >= 0.3 is 6.09 Å². The average molecular weight is 461 g/mol. The second-order valence-corrected chi connectivity index (χ2v) is 8.01. The van der Waals surface area contributed by atoms with E-state index < -0.39 is 24.1 Å². The van der Waals surface area contributed by atoms with Gasteiger partial charge in [-0.05, 0) is 41.0 Å². The fraction of sp³-hybridized carbons (Fsp3) is 0.192. The fourth-order valence-corrected chi connectivity index (χ4v) is 3.89. The number of hydrogen-bond donors (Lipinski definition) is 2. The molecule has 3 amide bonds. The first kappa shape index (κ1) is 23.0. The predicted octanol–water partition coefficient (Wildman–Crippen LogP) is 4.16. The number of benzene rings is 3. The van der Waals surface area contributed by atoms with Crippen LogP contribution in [0.5, 0.6) is 0 Å². The molecule has 0 aliphatic carbocycles. The molecule has 2 atom stereocenters. The Morgan fingerprint density at radius 1 is 0.971 bits per heavy atom. The Morgan fingerprint density at radius 3 is 2.35 bits per heavy atom. The summed E-state index contributed by atoms with van der Waals surface area (Å²) in [4.78, 5) is 38.7. The molecule has 0 spiro atoms. The van der Waals surface area contributed by atoms with Gasteiger partial charge in [0.25, 0.3) is 0 Å². The van der Waals surface area contributed by atoms with Crippen molar-refractivity contribution in [1.82, 2.24) is 10.2 Å². The van der Waals surface area contributed by atoms with E-state index in [2.05, 4.69) is 10.6 Å². The lowest BCUT2D eigenvalue weighted by atomic mass is 10.00. The van der Waals surface area contributed by atoms with E-state index in [1.54, 1.807) is 36.4 Å². The molecule has 1 aliphatic heterocycles. The molecule has 34 heavy (non-hydrogen) atoms. The van der Waals surface area contributed by atoms with Gasteiger partial charge < -0.3 is 15.4 Å². The van der Waals surface area contributed by atoms with Crippen molar-refractivity contribution in [3.05, 3.63) is 101 Å². The molecule has 2 N–H and O–H groups in total. The minimum absolute atomic E-state index is 0.0144. The third-order valence-electron chi connectivity index (χ3n) is 5.46. The number of amides is 3. The maximum absolute atomic E-state index is 13.7. The van der Waals surface area contributed by atoms with E-state index in [-0.39, 0.29) is 24.9 Å². The minimum atomic E-state index is -0.967. The van der Waals surface area contributed by atoms with E-state index in [9.17, 15) is 18.8 Å². The van der Waals surface area contributed by atoms with Gasteiger partial charge in [-0.15, -0.1) is 0 Å². The number of cyclic esters (lactones) is 1. The molecule has 3 aromatic carbocycles. The van der Waals surface area contributed by atoms with Crippen LogP contribution in [0.2, 0.25) is 0 Å². The van der Waals surface area contributed by atoms with Crippen LogP contribution in [0.15, 0.2) is 78.9 Å². The van der Waals surface area contributed by atoms with Crippen molar-refractivity contribution in [3.63, 3.8) is 0 Å². The lowest BCUT2D eigenvalue weighted by Gasteiger charge is -2.24. The molecule has 0 bridgehead atoms. The predicted molar refractivity (Wildman–Crippen MR) is 124 cm³/mol. The highest BCUT2D eigenvalue weighted by molar-refractivity contribution is 5.90. The molecule has 1 saturated heterocycles. The van der Waals surface area contributed by atoms with Crippen molar-refractivity contribution in [2.75, 3.05) is 5.32 Å². The zero-order chi connectivity index (χ0) is 24.1. The van der Waals surface area contributed by atoms with E-state index in [0.29, 0.717) is 16.8 Å². The third-order valence-corrected chi connectivity index (χ3v) is 5.46. The largest absolute Gasteiger partial charge is 0.438 e. The van der Waals surface area contributed by atoms with Crippen LogP contribution in [0.4, 0.5) is 14.9 Å². The van der Waals surface area contributed by atoms with Crippen LogP contribution in [0, 0.1) is 5.82 Å². The Balaban J connectivity index is 1.60. The average Bonchev–Trinajstić information content (AvgIpc) is 3.14. The van der Waals surface area contributed by atoms with Crippen molar-refractivity contribution in [2.24, 2.45) is 0 Å². The van der Waals surface area contributed by atoms with E-state index in [1.165, 1.54) is 24.0 Å².